The third-order valence-corrected chi connectivity index (χ3v) is 3.24. The molecule has 0 fully saturated rings. The van der Waals surface area contributed by atoms with E-state index in [-0.39, 0.29) is 11.6 Å². The molecule has 0 atom stereocenters. The summed E-state index contributed by atoms with van der Waals surface area (Å²) in [4.78, 5) is 15.2. The zero-order valence-electron chi connectivity index (χ0n) is 13.3. The number of hydrogen-bond donors (Lipinski definition) is 2. The zero-order chi connectivity index (χ0) is 17.8. The molecule has 9 nitrogen and oxygen atoms in total. The minimum atomic E-state index is -1.24. The van der Waals surface area contributed by atoms with Gasteiger partial charge in [-0.25, -0.2) is 14.9 Å². The quantitative estimate of drug-likeness (QED) is 0.691. The van der Waals surface area contributed by atoms with Gasteiger partial charge in [-0.05, 0) is 18.1 Å². The second-order valence-corrected chi connectivity index (χ2v) is 4.87. The van der Waals surface area contributed by atoms with Crippen LogP contribution in [0.4, 0.5) is 0 Å². The number of nitrogens with zero attached hydrogens (tertiary/aromatic N) is 4. The van der Waals surface area contributed by atoms with Gasteiger partial charge < -0.3 is 19.1 Å². The van der Waals surface area contributed by atoms with Crippen LogP contribution in [0.1, 0.15) is 21.9 Å². The van der Waals surface area contributed by atoms with Gasteiger partial charge in [0.2, 0.25) is 5.69 Å². The van der Waals surface area contributed by atoms with E-state index in [1.54, 1.807) is 35.2 Å². The maximum absolute atomic E-state index is 11.1. The van der Waals surface area contributed by atoms with Crippen molar-refractivity contribution in [3.63, 3.8) is 0 Å². The number of benzene rings is 1. The van der Waals surface area contributed by atoms with Crippen LogP contribution in [0.25, 0.3) is 0 Å². The highest BCUT2D eigenvalue weighted by molar-refractivity contribution is 5.87. The third-order valence-electron chi connectivity index (χ3n) is 3.24. The van der Waals surface area contributed by atoms with Crippen LogP contribution in [0.5, 0.6) is 17.4 Å². The summed E-state index contributed by atoms with van der Waals surface area (Å²) < 4.78 is 12.6. The first-order valence-corrected chi connectivity index (χ1v) is 7.08. The summed E-state index contributed by atoms with van der Waals surface area (Å²) in [5.41, 5.74) is 0.254. The number of aromatic carboxylic acids is 1. The van der Waals surface area contributed by atoms with Crippen molar-refractivity contribution >= 4 is 5.97 Å². The molecule has 1 aromatic carbocycles. The van der Waals surface area contributed by atoms with Gasteiger partial charge in [0.1, 0.15) is 11.5 Å². The van der Waals surface area contributed by atoms with Crippen LogP contribution in [-0.4, -0.2) is 43.1 Å². The Morgan fingerprint density at radius 1 is 1.36 bits per heavy atom. The summed E-state index contributed by atoms with van der Waals surface area (Å²) in [6.45, 7) is 0. The fraction of sp³-hybridized carbons (Fsp3) is 0.125. The smallest absolute Gasteiger partial charge is 0.362 e. The summed E-state index contributed by atoms with van der Waals surface area (Å²) in [5.74, 6) is 6.10. The molecule has 2 aromatic heterocycles. The van der Waals surface area contributed by atoms with Gasteiger partial charge in [-0.2, -0.15) is 0 Å². The highest BCUT2D eigenvalue weighted by Gasteiger charge is 2.17. The summed E-state index contributed by atoms with van der Waals surface area (Å²) in [7, 11) is 3.37. The molecule has 0 amide bonds. The minimum Gasteiger partial charge on any atom is -0.495 e. The highest BCUT2D eigenvalue weighted by atomic mass is 16.5. The fourth-order valence-corrected chi connectivity index (χ4v) is 2.01. The average Bonchev–Trinajstić information content (AvgIpc) is 3.22. The van der Waals surface area contributed by atoms with Crippen molar-refractivity contribution in [3.05, 3.63) is 47.7 Å². The molecular weight excluding hydrogens is 326 g/mol. The standard InChI is InChI=1S/C16H13N5O4/c1-21-8-7-17-13(21)6-3-10-9-11(4-5-12(10)24-2)25-15-14(16(22)23)18-20-19-15/h4-5,7-9H,1-2H3,(H,22,23)(H,18,19,20). The normalized spacial score (nSPS) is 10.0. The number of rotatable bonds is 4. The molecule has 0 radical (unpaired) electrons. The Labute approximate surface area is 142 Å². The maximum Gasteiger partial charge on any atom is 0.362 e. The molecule has 0 aliphatic rings. The van der Waals surface area contributed by atoms with E-state index < -0.39 is 5.97 Å². The topological polar surface area (TPSA) is 115 Å². The Morgan fingerprint density at radius 2 is 2.20 bits per heavy atom. The second kappa shape index (κ2) is 6.76. The third kappa shape index (κ3) is 3.42. The van der Waals surface area contributed by atoms with Crippen molar-refractivity contribution < 1.29 is 19.4 Å². The van der Waals surface area contributed by atoms with E-state index in [1.165, 1.54) is 7.11 Å². The molecule has 2 heterocycles. The number of carboxylic acid groups (broad SMARTS) is 1. The van der Waals surface area contributed by atoms with Crippen LogP contribution in [0.3, 0.4) is 0 Å². The van der Waals surface area contributed by atoms with Crippen molar-refractivity contribution in [2.45, 2.75) is 0 Å². The zero-order valence-corrected chi connectivity index (χ0v) is 13.3. The number of aromatic amines is 1. The van der Waals surface area contributed by atoms with E-state index in [9.17, 15) is 4.79 Å². The Hall–Kier alpha value is -3.80. The predicted octanol–water partition coefficient (Wildman–Crippen LogP) is 1.44. The predicted molar refractivity (Wildman–Crippen MR) is 85.6 cm³/mol. The minimum absolute atomic E-state index is 0.0688. The fourth-order valence-electron chi connectivity index (χ4n) is 2.01. The van der Waals surface area contributed by atoms with Crippen molar-refractivity contribution in [1.29, 1.82) is 0 Å². The molecule has 0 unspecified atom stereocenters. The van der Waals surface area contributed by atoms with Gasteiger partial charge >= 0.3 is 5.97 Å². The van der Waals surface area contributed by atoms with Crippen LogP contribution in [-0.2, 0) is 7.05 Å². The average molecular weight is 339 g/mol. The van der Waals surface area contributed by atoms with Crippen molar-refractivity contribution in [1.82, 2.24) is 25.0 Å². The molecule has 0 bridgehead atoms. The number of methoxy groups -OCH3 is 1. The number of carbonyl (C=O) groups is 1. The van der Waals surface area contributed by atoms with Crippen LogP contribution >= 0.6 is 0 Å². The molecule has 2 N–H and O–H groups in total. The Bertz CT molecular complexity index is 980. The molecule has 0 saturated carbocycles. The molecule has 126 valence electrons. The Balaban J connectivity index is 1.93. The molecule has 0 aliphatic heterocycles. The number of aryl methyl sites for hydroxylation is 1. The number of imidazole rings is 1. The molecule has 0 spiro atoms. The Morgan fingerprint density at radius 3 is 2.88 bits per heavy atom. The number of aromatic nitrogens is 5. The monoisotopic (exact) mass is 339 g/mol. The van der Waals surface area contributed by atoms with Gasteiger partial charge in [0.05, 0.1) is 12.7 Å². The molecule has 9 heteroatoms. The molecule has 0 saturated heterocycles. The number of nitrogens with one attached hydrogen (secondary N) is 1. The lowest BCUT2D eigenvalue weighted by Crippen LogP contribution is -2.00. The lowest BCUT2D eigenvalue weighted by Gasteiger charge is -2.07. The number of carboxylic acids is 1. The SMILES string of the molecule is COc1ccc(Oc2[nH]nnc2C(=O)O)cc1C#Cc1nccn1C. The summed E-state index contributed by atoms with van der Waals surface area (Å²) in [6.07, 6.45) is 3.44. The Kier molecular flexibility index (Phi) is 4.34. The van der Waals surface area contributed by atoms with Crippen molar-refractivity contribution in [3.8, 4) is 29.2 Å². The molecule has 3 rings (SSSR count). The van der Waals surface area contributed by atoms with Crippen LogP contribution in [0, 0.1) is 11.8 Å². The van der Waals surface area contributed by atoms with E-state index in [2.05, 4.69) is 32.2 Å². The van der Waals surface area contributed by atoms with Crippen LogP contribution in [0.2, 0.25) is 0 Å². The number of ether oxygens (including phenoxy) is 2. The molecule has 0 aliphatic carbocycles. The van der Waals surface area contributed by atoms with Crippen molar-refractivity contribution in [2.24, 2.45) is 7.05 Å². The van der Waals surface area contributed by atoms with E-state index >= 15 is 0 Å². The first-order chi connectivity index (χ1) is 12.1. The van der Waals surface area contributed by atoms with Gasteiger partial charge in [0, 0.05) is 25.5 Å². The molecule has 25 heavy (non-hydrogen) atoms. The molecule has 3 aromatic rings. The van der Waals surface area contributed by atoms with Crippen LogP contribution in [0.15, 0.2) is 30.6 Å². The number of hydrogen-bond acceptors (Lipinski definition) is 6. The first kappa shape index (κ1) is 16.1. The summed E-state index contributed by atoms with van der Waals surface area (Å²) in [6, 6.07) is 4.92. The lowest BCUT2D eigenvalue weighted by atomic mass is 10.2. The summed E-state index contributed by atoms with van der Waals surface area (Å²) in [5, 5.41) is 18.3. The second-order valence-electron chi connectivity index (χ2n) is 4.87. The van der Waals surface area contributed by atoms with Crippen LogP contribution < -0.4 is 9.47 Å². The highest BCUT2D eigenvalue weighted by Crippen LogP contribution is 2.27. The molecular formula is C16H13N5O4. The van der Waals surface area contributed by atoms with Gasteiger partial charge in [0.25, 0.3) is 5.88 Å². The first-order valence-electron chi connectivity index (χ1n) is 7.08. The van der Waals surface area contributed by atoms with E-state index in [0.717, 1.165) is 0 Å². The van der Waals surface area contributed by atoms with Gasteiger partial charge in [-0.15, -0.1) is 5.10 Å². The largest absolute Gasteiger partial charge is 0.495 e. The van der Waals surface area contributed by atoms with Gasteiger partial charge in [0.15, 0.2) is 5.82 Å². The van der Waals surface area contributed by atoms with E-state index in [0.29, 0.717) is 22.9 Å². The van der Waals surface area contributed by atoms with Gasteiger partial charge in [-0.1, -0.05) is 11.1 Å². The van der Waals surface area contributed by atoms with E-state index in [1.807, 2.05) is 7.05 Å². The van der Waals surface area contributed by atoms with Gasteiger partial charge in [-0.3, -0.25) is 0 Å². The van der Waals surface area contributed by atoms with E-state index in [4.69, 9.17) is 14.6 Å². The number of H-pyrrole nitrogens is 1. The lowest BCUT2D eigenvalue weighted by molar-refractivity contribution is 0.0687. The van der Waals surface area contributed by atoms with Crippen molar-refractivity contribution in [2.75, 3.05) is 7.11 Å². The maximum atomic E-state index is 11.1. The summed E-state index contributed by atoms with van der Waals surface area (Å²) >= 11 is 0.